The Balaban J connectivity index is 0.00000400. The minimum atomic E-state index is -4.62. The second kappa shape index (κ2) is 12.0. The quantitative estimate of drug-likeness (QED) is 0.203. The molecule has 0 spiro atoms. The zero-order valence-corrected chi connectivity index (χ0v) is 24.6. The van der Waals surface area contributed by atoms with E-state index in [2.05, 4.69) is 15.5 Å². The maximum atomic E-state index is 13.4. The van der Waals surface area contributed by atoms with Crippen molar-refractivity contribution in [1.29, 1.82) is 0 Å². The summed E-state index contributed by atoms with van der Waals surface area (Å²) in [5, 5.41) is 24.9. The van der Waals surface area contributed by atoms with E-state index in [1.54, 1.807) is 49.4 Å². The number of hydrogen-bond acceptors (Lipinski definition) is 7. The van der Waals surface area contributed by atoms with Gasteiger partial charge in [0, 0.05) is 10.9 Å². The van der Waals surface area contributed by atoms with E-state index >= 15 is 0 Å². The molecule has 4 aromatic rings. The summed E-state index contributed by atoms with van der Waals surface area (Å²) in [4.78, 5) is 12.6. The van der Waals surface area contributed by atoms with Crippen molar-refractivity contribution in [2.24, 2.45) is 10.2 Å². The number of fused-ring (bicyclic) bond motifs is 1. The molecule has 0 saturated carbocycles. The third-order valence-electron chi connectivity index (χ3n) is 5.46. The first-order valence-electron chi connectivity index (χ1n) is 10.6. The topological polar surface area (TPSA) is 140 Å². The summed E-state index contributed by atoms with van der Waals surface area (Å²) < 4.78 is 38.0. The van der Waals surface area contributed by atoms with Gasteiger partial charge in [0.25, 0.3) is 16.0 Å². The number of azo groups is 1. The Bertz CT molecular complexity index is 1700. The molecule has 190 valence electrons. The second-order valence-corrected chi connectivity index (χ2v) is 9.99. The Morgan fingerprint density at radius 3 is 2.39 bits per heavy atom. The number of ether oxygens (including phenoxy) is 1. The normalized spacial score (nSPS) is 11.4. The van der Waals surface area contributed by atoms with Crippen LogP contribution in [0.15, 0.2) is 75.8 Å². The molecule has 2 N–H and O–H groups in total. The van der Waals surface area contributed by atoms with Crippen molar-refractivity contribution in [3.05, 3.63) is 81.8 Å². The SMILES string of the molecule is COc1cccc(Cl)c1NC(=O)c1cc2ccccc2c(N=Nc2c(C)ccc(S(=O)(=O)O)c2Cl)c1[O-].[Na+]. The molecule has 0 saturated heterocycles. The first-order chi connectivity index (χ1) is 17.5. The van der Waals surface area contributed by atoms with Gasteiger partial charge in [-0.3, -0.25) is 9.35 Å². The number of nitrogens with one attached hydrogen (secondary N) is 1. The molecule has 4 aromatic carbocycles. The molecule has 0 aromatic heterocycles. The number of hydrogen-bond donors (Lipinski definition) is 2. The molecule has 0 bridgehead atoms. The number of rotatable bonds is 6. The third-order valence-corrected chi connectivity index (χ3v) is 7.17. The minimum absolute atomic E-state index is 0. The van der Waals surface area contributed by atoms with Crippen molar-refractivity contribution in [3.8, 4) is 11.5 Å². The van der Waals surface area contributed by atoms with Gasteiger partial charge in [0.05, 0.1) is 22.8 Å². The molecule has 0 aliphatic rings. The monoisotopic (exact) mass is 581 g/mol. The molecule has 0 heterocycles. The number of amides is 1. The summed E-state index contributed by atoms with van der Waals surface area (Å²) >= 11 is 12.4. The number of halogens is 2. The van der Waals surface area contributed by atoms with Crippen molar-refractivity contribution >= 4 is 67.1 Å². The summed E-state index contributed by atoms with van der Waals surface area (Å²) in [5.41, 5.74) is 0.177. The molecule has 38 heavy (non-hydrogen) atoms. The molecule has 4 rings (SSSR count). The summed E-state index contributed by atoms with van der Waals surface area (Å²) in [6.45, 7) is 1.60. The summed E-state index contributed by atoms with van der Waals surface area (Å²) in [5.74, 6) is -1.18. The van der Waals surface area contributed by atoms with Crippen molar-refractivity contribution in [2.75, 3.05) is 12.4 Å². The minimum Gasteiger partial charge on any atom is -0.870 e. The van der Waals surface area contributed by atoms with E-state index in [0.29, 0.717) is 22.1 Å². The van der Waals surface area contributed by atoms with Crippen LogP contribution >= 0.6 is 23.2 Å². The first kappa shape index (κ1) is 29.9. The van der Waals surface area contributed by atoms with Crippen LogP contribution in [-0.4, -0.2) is 26.0 Å². The number of nitrogens with zero attached hydrogens (tertiary/aromatic N) is 2. The largest absolute Gasteiger partial charge is 1.00 e. The summed E-state index contributed by atoms with van der Waals surface area (Å²) in [6.07, 6.45) is 0. The maximum Gasteiger partial charge on any atom is 1.00 e. The van der Waals surface area contributed by atoms with Crippen LogP contribution in [0.3, 0.4) is 0 Å². The van der Waals surface area contributed by atoms with Crippen LogP contribution in [0, 0.1) is 6.92 Å². The molecule has 0 atom stereocenters. The molecule has 0 aliphatic heterocycles. The van der Waals surface area contributed by atoms with Gasteiger partial charge >= 0.3 is 29.6 Å². The molecule has 0 fully saturated rings. The van der Waals surface area contributed by atoms with E-state index in [-0.39, 0.29) is 62.2 Å². The predicted molar refractivity (Wildman–Crippen MR) is 140 cm³/mol. The molecule has 0 unspecified atom stereocenters. The van der Waals surface area contributed by atoms with Crippen molar-refractivity contribution in [2.45, 2.75) is 11.8 Å². The van der Waals surface area contributed by atoms with Crippen LogP contribution in [0.4, 0.5) is 17.1 Å². The summed E-state index contributed by atoms with van der Waals surface area (Å²) in [7, 11) is -3.21. The fraction of sp³-hybridized carbons (Fsp3) is 0.0800. The number of carbonyl (C=O) groups excluding carboxylic acids is 1. The first-order valence-corrected chi connectivity index (χ1v) is 12.8. The Morgan fingerprint density at radius 1 is 1.03 bits per heavy atom. The Hall–Kier alpha value is -2.70. The molecule has 1 amide bonds. The van der Waals surface area contributed by atoms with Crippen LogP contribution in [0.1, 0.15) is 15.9 Å². The average Bonchev–Trinajstić information content (AvgIpc) is 2.85. The molecule has 0 aliphatic carbocycles. The Labute approximate surface area is 250 Å². The van der Waals surface area contributed by atoms with Crippen LogP contribution in [0.2, 0.25) is 10.0 Å². The van der Waals surface area contributed by atoms with Gasteiger partial charge in [-0.2, -0.15) is 13.5 Å². The fourth-order valence-electron chi connectivity index (χ4n) is 3.62. The molecular formula is C25H18Cl2N3NaO6S. The summed E-state index contributed by atoms with van der Waals surface area (Å²) in [6, 6.07) is 15.5. The molecule has 13 heteroatoms. The molecule has 9 nitrogen and oxygen atoms in total. The van der Waals surface area contributed by atoms with E-state index in [9.17, 15) is 22.9 Å². The van der Waals surface area contributed by atoms with Gasteiger partial charge in [0.15, 0.2) is 0 Å². The third kappa shape index (κ3) is 5.97. The van der Waals surface area contributed by atoms with Crippen LogP contribution in [-0.2, 0) is 10.1 Å². The Kier molecular flexibility index (Phi) is 9.43. The molecule has 0 radical (unpaired) electrons. The molecular weight excluding hydrogens is 564 g/mol. The van der Waals surface area contributed by atoms with Gasteiger partial charge < -0.3 is 15.2 Å². The zero-order chi connectivity index (χ0) is 26.9. The number of benzene rings is 4. The predicted octanol–water partition coefficient (Wildman–Crippen LogP) is 3.46. The Morgan fingerprint density at radius 2 is 1.71 bits per heavy atom. The van der Waals surface area contributed by atoms with Crippen molar-refractivity contribution in [1.82, 2.24) is 0 Å². The van der Waals surface area contributed by atoms with E-state index in [1.807, 2.05) is 0 Å². The van der Waals surface area contributed by atoms with Gasteiger partial charge in [-0.1, -0.05) is 65.3 Å². The van der Waals surface area contributed by atoms with E-state index in [4.69, 9.17) is 27.9 Å². The van der Waals surface area contributed by atoms with Crippen LogP contribution in [0.5, 0.6) is 11.5 Å². The van der Waals surface area contributed by atoms with Crippen LogP contribution in [0.25, 0.3) is 10.8 Å². The number of aryl methyl sites for hydroxylation is 1. The number of methoxy groups -OCH3 is 1. The zero-order valence-electron chi connectivity index (χ0n) is 20.3. The fourth-order valence-corrected chi connectivity index (χ4v) is 4.94. The van der Waals surface area contributed by atoms with Crippen molar-refractivity contribution in [3.63, 3.8) is 0 Å². The van der Waals surface area contributed by atoms with Gasteiger partial charge in [-0.05, 0) is 42.1 Å². The second-order valence-electron chi connectivity index (χ2n) is 7.81. The number of para-hydroxylation sites is 1. The van der Waals surface area contributed by atoms with Crippen molar-refractivity contribution < 1.29 is 57.2 Å². The standard InChI is InChI=1S/C25H19Cl2N3O6S.Na/c1-13-10-11-19(37(33,34)35)20(27)21(13)29-30-22-15-7-4-3-6-14(15)12-16(24(22)31)25(32)28-23-17(26)8-5-9-18(23)36-2;/h3-12,31H,1-2H3,(H,28,32)(H,33,34,35);/q;+1/p-1. The van der Waals surface area contributed by atoms with E-state index < -0.39 is 26.7 Å². The van der Waals surface area contributed by atoms with Gasteiger partial charge in [-0.15, -0.1) is 5.11 Å². The van der Waals surface area contributed by atoms with Crippen LogP contribution < -0.4 is 44.7 Å². The van der Waals surface area contributed by atoms with Gasteiger partial charge in [0.2, 0.25) is 0 Å². The van der Waals surface area contributed by atoms with E-state index in [1.165, 1.54) is 19.2 Å². The smallest absolute Gasteiger partial charge is 0.870 e. The van der Waals surface area contributed by atoms with Gasteiger partial charge in [0.1, 0.15) is 22.0 Å². The number of carbonyl (C=O) groups is 1. The van der Waals surface area contributed by atoms with E-state index in [0.717, 1.165) is 6.07 Å². The number of anilines is 1. The maximum absolute atomic E-state index is 13.4. The average molecular weight is 582 g/mol. The van der Waals surface area contributed by atoms with Gasteiger partial charge in [-0.25, -0.2) is 0 Å².